The van der Waals surface area contributed by atoms with E-state index in [1.807, 2.05) is 24.4 Å². The highest BCUT2D eigenvalue weighted by atomic mass is 79.9. The summed E-state index contributed by atoms with van der Waals surface area (Å²) in [6.45, 7) is 6.41. The van der Waals surface area contributed by atoms with Gasteiger partial charge in [-0.3, -0.25) is 0 Å². The Morgan fingerprint density at radius 1 is 1.06 bits per heavy atom. The van der Waals surface area contributed by atoms with Crippen molar-refractivity contribution in [2.75, 3.05) is 5.32 Å². The number of pyridine rings is 1. The van der Waals surface area contributed by atoms with Crippen LogP contribution in [-0.4, -0.2) is 16.0 Å². The van der Waals surface area contributed by atoms with E-state index in [9.17, 15) is 0 Å². The predicted molar refractivity (Wildman–Crippen MR) is 79.1 cm³/mol. The zero-order valence-electron chi connectivity index (χ0n) is 10.3. The normalized spacial score (nSPS) is 10.3. The molecule has 3 N–H and O–H groups in total. The molecule has 2 rings (SSSR count). The Labute approximate surface area is 112 Å². The Morgan fingerprint density at radius 3 is 2.35 bits per heavy atom. The van der Waals surface area contributed by atoms with Crippen molar-refractivity contribution >= 4 is 33.6 Å². The highest BCUT2D eigenvalue weighted by Gasteiger charge is 2.11. The second-order valence-electron chi connectivity index (χ2n) is 4.76. The van der Waals surface area contributed by atoms with E-state index in [2.05, 4.69) is 43.2 Å². The quantitative estimate of drug-likeness (QED) is 0.879. The Morgan fingerprint density at radius 2 is 1.71 bits per heavy atom. The minimum Gasteiger partial charge on any atom is -0.412 e. The molecule has 0 fully saturated rings. The molecule has 0 aliphatic carbocycles. The van der Waals surface area contributed by atoms with Crippen LogP contribution in [0.4, 0.5) is 5.82 Å². The van der Waals surface area contributed by atoms with Crippen LogP contribution in [-0.2, 0) is 0 Å². The fourth-order valence-electron chi connectivity index (χ4n) is 1.57. The molecule has 0 aliphatic heterocycles. The van der Waals surface area contributed by atoms with Gasteiger partial charge in [-0.1, -0.05) is 24.3 Å². The number of hydrogen-bond donors (Lipinski definition) is 1. The van der Waals surface area contributed by atoms with Gasteiger partial charge in [0, 0.05) is 17.1 Å². The lowest BCUT2D eigenvalue weighted by Gasteiger charge is -2.22. The minimum absolute atomic E-state index is 0. The molecule has 17 heavy (non-hydrogen) atoms. The van der Waals surface area contributed by atoms with E-state index in [4.69, 9.17) is 0 Å². The summed E-state index contributed by atoms with van der Waals surface area (Å²) < 4.78 is 0. The molecule has 0 bridgehead atoms. The Hall–Kier alpha value is -1.13. The van der Waals surface area contributed by atoms with Gasteiger partial charge in [0.1, 0.15) is 5.82 Å². The summed E-state index contributed by atoms with van der Waals surface area (Å²) >= 11 is 0. The Bertz CT molecular complexity index is 475. The van der Waals surface area contributed by atoms with Crippen molar-refractivity contribution in [3.63, 3.8) is 0 Å². The van der Waals surface area contributed by atoms with Crippen LogP contribution in [0, 0.1) is 0 Å². The average Bonchev–Trinajstić information content (AvgIpc) is 2.16. The van der Waals surface area contributed by atoms with Crippen LogP contribution in [0.1, 0.15) is 20.8 Å². The SMILES string of the molecule is Br.CC(C)(C)Nc1nccc2ccccc12.O. The molecule has 1 heterocycles. The summed E-state index contributed by atoms with van der Waals surface area (Å²) in [7, 11) is 0. The number of hydrogen-bond acceptors (Lipinski definition) is 2. The molecule has 0 unspecified atom stereocenters. The number of anilines is 1. The van der Waals surface area contributed by atoms with Gasteiger partial charge in [0.15, 0.2) is 0 Å². The molecule has 1 aromatic heterocycles. The maximum atomic E-state index is 4.38. The van der Waals surface area contributed by atoms with Crippen molar-refractivity contribution < 1.29 is 5.48 Å². The van der Waals surface area contributed by atoms with Crippen LogP contribution in [0.25, 0.3) is 10.8 Å². The van der Waals surface area contributed by atoms with Gasteiger partial charge in [-0.2, -0.15) is 0 Å². The number of rotatable bonds is 1. The maximum absolute atomic E-state index is 4.38. The highest BCUT2D eigenvalue weighted by molar-refractivity contribution is 8.93. The molecule has 0 saturated carbocycles. The van der Waals surface area contributed by atoms with Crippen molar-refractivity contribution in [1.29, 1.82) is 0 Å². The lowest BCUT2D eigenvalue weighted by molar-refractivity contribution is 0.631. The van der Waals surface area contributed by atoms with E-state index in [-0.39, 0.29) is 28.0 Å². The van der Waals surface area contributed by atoms with E-state index in [0.29, 0.717) is 0 Å². The molecule has 2 aromatic rings. The summed E-state index contributed by atoms with van der Waals surface area (Å²) in [5, 5.41) is 5.81. The maximum Gasteiger partial charge on any atom is 0.134 e. The third kappa shape index (κ3) is 3.98. The van der Waals surface area contributed by atoms with Crippen molar-refractivity contribution in [2.24, 2.45) is 0 Å². The molecule has 0 spiro atoms. The molecule has 4 heteroatoms. The number of benzene rings is 1. The average molecular weight is 299 g/mol. The fraction of sp³-hybridized carbons (Fsp3) is 0.308. The summed E-state index contributed by atoms with van der Waals surface area (Å²) in [5.41, 5.74) is 0.0388. The lowest BCUT2D eigenvalue weighted by Crippen LogP contribution is -2.26. The topological polar surface area (TPSA) is 56.4 Å². The summed E-state index contributed by atoms with van der Waals surface area (Å²) in [6.07, 6.45) is 1.84. The van der Waals surface area contributed by atoms with Crippen LogP contribution >= 0.6 is 17.0 Å². The molecule has 0 atom stereocenters. The number of aromatic nitrogens is 1. The van der Waals surface area contributed by atoms with Crippen molar-refractivity contribution in [3.05, 3.63) is 36.5 Å². The number of fused-ring (bicyclic) bond motifs is 1. The van der Waals surface area contributed by atoms with Crippen LogP contribution in [0.15, 0.2) is 36.5 Å². The van der Waals surface area contributed by atoms with Gasteiger partial charge in [0.25, 0.3) is 0 Å². The summed E-state index contributed by atoms with van der Waals surface area (Å²) in [5.74, 6) is 0.959. The molecule has 0 amide bonds. The van der Waals surface area contributed by atoms with Crippen LogP contribution in [0.3, 0.4) is 0 Å². The third-order valence-electron chi connectivity index (χ3n) is 2.17. The molecular weight excluding hydrogens is 280 g/mol. The summed E-state index contributed by atoms with van der Waals surface area (Å²) in [4.78, 5) is 4.38. The first kappa shape index (κ1) is 15.9. The Kier molecular flexibility index (Phi) is 5.58. The number of nitrogens with one attached hydrogen (secondary N) is 1. The Balaban J connectivity index is 0.00000128. The van der Waals surface area contributed by atoms with Crippen LogP contribution in [0.2, 0.25) is 0 Å². The molecule has 1 aromatic carbocycles. The first-order valence-corrected chi connectivity index (χ1v) is 5.18. The van der Waals surface area contributed by atoms with E-state index < -0.39 is 0 Å². The van der Waals surface area contributed by atoms with E-state index in [1.54, 1.807) is 0 Å². The van der Waals surface area contributed by atoms with Gasteiger partial charge in [-0.05, 0) is 32.2 Å². The number of nitrogens with zero attached hydrogens (tertiary/aromatic N) is 1. The van der Waals surface area contributed by atoms with Crippen molar-refractivity contribution in [2.45, 2.75) is 26.3 Å². The molecule has 0 radical (unpaired) electrons. The van der Waals surface area contributed by atoms with Crippen molar-refractivity contribution in [1.82, 2.24) is 4.98 Å². The first-order valence-electron chi connectivity index (χ1n) is 5.18. The monoisotopic (exact) mass is 298 g/mol. The second kappa shape index (κ2) is 5.98. The molecule has 0 saturated heterocycles. The van der Waals surface area contributed by atoms with Gasteiger partial charge in [0.05, 0.1) is 0 Å². The molecule has 3 nitrogen and oxygen atoms in total. The summed E-state index contributed by atoms with van der Waals surface area (Å²) in [6, 6.07) is 10.3. The molecule has 0 aliphatic rings. The van der Waals surface area contributed by atoms with Gasteiger partial charge in [-0.25, -0.2) is 4.98 Å². The minimum atomic E-state index is 0. The first-order chi connectivity index (χ1) is 7.06. The van der Waals surface area contributed by atoms with Crippen LogP contribution in [0.5, 0.6) is 0 Å². The predicted octanol–water partition coefficient (Wildman–Crippen LogP) is 3.20. The van der Waals surface area contributed by atoms with E-state index >= 15 is 0 Å². The van der Waals surface area contributed by atoms with Gasteiger partial charge in [0.2, 0.25) is 0 Å². The van der Waals surface area contributed by atoms with Crippen LogP contribution < -0.4 is 5.32 Å². The third-order valence-corrected chi connectivity index (χ3v) is 2.17. The van der Waals surface area contributed by atoms with Gasteiger partial charge < -0.3 is 10.8 Å². The highest BCUT2D eigenvalue weighted by Crippen LogP contribution is 2.22. The van der Waals surface area contributed by atoms with Gasteiger partial charge in [-0.15, -0.1) is 17.0 Å². The van der Waals surface area contributed by atoms with E-state index in [0.717, 1.165) is 5.82 Å². The molecular formula is C13H19BrN2O. The van der Waals surface area contributed by atoms with Gasteiger partial charge >= 0.3 is 0 Å². The number of halogens is 1. The lowest BCUT2D eigenvalue weighted by atomic mass is 10.1. The van der Waals surface area contributed by atoms with E-state index in [1.165, 1.54) is 10.8 Å². The second-order valence-corrected chi connectivity index (χ2v) is 4.76. The molecule has 94 valence electrons. The fourth-order valence-corrected chi connectivity index (χ4v) is 1.57. The smallest absolute Gasteiger partial charge is 0.134 e. The van der Waals surface area contributed by atoms with Crippen molar-refractivity contribution in [3.8, 4) is 0 Å². The zero-order chi connectivity index (χ0) is 10.9. The zero-order valence-corrected chi connectivity index (χ0v) is 12.0. The largest absolute Gasteiger partial charge is 0.412 e. The standard InChI is InChI=1S/C13H16N2.BrH.H2O/c1-13(2,3)15-12-11-7-5-4-6-10(11)8-9-14-12;;/h4-9H,1-3H3,(H,14,15);1H;1H2.